The SMILES string of the molecule is CCOC(=O)[C@@](Br)(C(C)=O)c1ccccc1. The van der Waals surface area contributed by atoms with Crippen molar-refractivity contribution in [1.29, 1.82) is 0 Å². The molecule has 1 rings (SSSR count). The van der Waals surface area contributed by atoms with Gasteiger partial charge in [-0.2, -0.15) is 0 Å². The van der Waals surface area contributed by atoms with Crippen LogP contribution in [0.5, 0.6) is 0 Å². The highest BCUT2D eigenvalue weighted by molar-refractivity contribution is 9.10. The Kier molecular flexibility index (Phi) is 4.24. The van der Waals surface area contributed by atoms with Crippen LogP contribution in [0, 0.1) is 0 Å². The lowest BCUT2D eigenvalue weighted by Gasteiger charge is -2.22. The molecule has 0 aromatic heterocycles. The van der Waals surface area contributed by atoms with E-state index in [2.05, 4.69) is 15.9 Å². The minimum atomic E-state index is -1.38. The van der Waals surface area contributed by atoms with Gasteiger partial charge in [-0.15, -0.1) is 0 Å². The molecule has 4 heteroatoms. The highest BCUT2D eigenvalue weighted by Crippen LogP contribution is 2.33. The summed E-state index contributed by atoms with van der Waals surface area (Å²) >= 11 is 3.20. The molecule has 0 amide bonds. The summed E-state index contributed by atoms with van der Waals surface area (Å²) in [6, 6.07) is 8.80. The van der Waals surface area contributed by atoms with Gasteiger partial charge in [-0.1, -0.05) is 46.3 Å². The molecule has 0 unspecified atom stereocenters. The maximum Gasteiger partial charge on any atom is 0.335 e. The van der Waals surface area contributed by atoms with Gasteiger partial charge < -0.3 is 4.74 Å². The molecule has 16 heavy (non-hydrogen) atoms. The molecular formula is C12H13BrO3. The van der Waals surface area contributed by atoms with Gasteiger partial charge >= 0.3 is 5.97 Å². The number of Topliss-reactive ketones (excluding diaryl/α,β-unsaturated/α-hetero) is 1. The highest BCUT2D eigenvalue weighted by atomic mass is 79.9. The largest absolute Gasteiger partial charge is 0.464 e. The predicted molar refractivity (Wildman–Crippen MR) is 64.4 cm³/mol. The first-order valence-corrected chi connectivity index (χ1v) is 5.75. The number of alkyl halides is 1. The van der Waals surface area contributed by atoms with Crippen molar-refractivity contribution in [2.75, 3.05) is 6.61 Å². The number of carbonyl (C=O) groups excluding carboxylic acids is 2. The fourth-order valence-electron chi connectivity index (χ4n) is 1.36. The van der Waals surface area contributed by atoms with Gasteiger partial charge in [0.1, 0.15) is 0 Å². The maximum atomic E-state index is 11.8. The standard InChI is InChI=1S/C12H13BrO3/c1-3-16-11(15)12(13,9(2)14)10-7-5-4-6-8-10/h4-8H,3H2,1-2H3/t12-/m1/s1. The monoisotopic (exact) mass is 284 g/mol. The van der Waals surface area contributed by atoms with Gasteiger partial charge in [-0.05, 0) is 19.4 Å². The summed E-state index contributed by atoms with van der Waals surface area (Å²) in [4.78, 5) is 23.5. The number of hydrogen-bond acceptors (Lipinski definition) is 3. The van der Waals surface area contributed by atoms with Crippen LogP contribution in [0.2, 0.25) is 0 Å². The molecule has 0 saturated carbocycles. The van der Waals surface area contributed by atoms with Gasteiger partial charge in [0, 0.05) is 0 Å². The van der Waals surface area contributed by atoms with Crippen molar-refractivity contribution >= 4 is 27.7 Å². The van der Waals surface area contributed by atoms with E-state index in [4.69, 9.17) is 4.74 Å². The number of hydrogen-bond donors (Lipinski definition) is 0. The number of rotatable bonds is 4. The Balaban J connectivity index is 3.17. The molecule has 0 saturated heterocycles. The van der Waals surface area contributed by atoms with Crippen molar-refractivity contribution in [1.82, 2.24) is 0 Å². The number of ether oxygens (including phenoxy) is 1. The van der Waals surface area contributed by atoms with E-state index in [1.54, 1.807) is 31.2 Å². The quantitative estimate of drug-likeness (QED) is 0.485. The lowest BCUT2D eigenvalue weighted by molar-refractivity contribution is -0.148. The van der Waals surface area contributed by atoms with E-state index in [1.807, 2.05) is 6.07 Å². The number of esters is 1. The summed E-state index contributed by atoms with van der Waals surface area (Å²) in [7, 11) is 0. The van der Waals surface area contributed by atoms with Crippen LogP contribution >= 0.6 is 15.9 Å². The Labute approximate surface area is 103 Å². The van der Waals surface area contributed by atoms with E-state index in [1.165, 1.54) is 6.92 Å². The average Bonchev–Trinajstić information content (AvgIpc) is 2.29. The number of ketones is 1. The minimum Gasteiger partial charge on any atom is -0.464 e. The molecule has 86 valence electrons. The van der Waals surface area contributed by atoms with Gasteiger partial charge in [-0.25, -0.2) is 4.79 Å². The van der Waals surface area contributed by atoms with Crippen LogP contribution in [0.25, 0.3) is 0 Å². The smallest absolute Gasteiger partial charge is 0.335 e. The Morgan fingerprint density at radius 2 is 1.88 bits per heavy atom. The first-order valence-electron chi connectivity index (χ1n) is 4.96. The van der Waals surface area contributed by atoms with E-state index in [9.17, 15) is 9.59 Å². The molecule has 0 bridgehead atoms. The lowest BCUT2D eigenvalue weighted by Crippen LogP contribution is -2.38. The fraction of sp³-hybridized carbons (Fsp3) is 0.333. The van der Waals surface area contributed by atoms with Crippen molar-refractivity contribution in [2.45, 2.75) is 18.2 Å². The predicted octanol–water partition coefficient (Wildman–Crippen LogP) is 2.43. The zero-order valence-electron chi connectivity index (χ0n) is 9.20. The van der Waals surface area contributed by atoms with E-state index >= 15 is 0 Å². The molecule has 1 aromatic rings. The third kappa shape index (κ3) is 2.32. The average molecular weight is 285 g/mol. The summed E-state index contributed by atoms with van der Waals surface area (Å²) in [5, 5.41) is 0. The summed E-state index contributed by atoms with van der Waals surface area (Å²) in [5.41, 5.74) is 0.584. The van der Waals surface area contributed by atoms with Crippen LogP contribution in [0.3, 0.4) is 0 Å². The van der Waals surface area contributed by atoms with Crippen molar-refractivity contribution in [3.8, 4) is 0 Å². The molecule has 1 aromatic carbocycles. The number of halogens is 1. The van der Waals surface area contributed by atoms with Gasteiger partial charge in [0.2, 0.25) is 4.32 Å². The third-order valence-corrected chi connectivity index (χ3v) is 3.55. The first-order chi connectivity index (χ1) is 7.53. The molecule has 0 aliphatic heterocycles. The summed E-state index contributed by atoms with van der Waals surface area (Å²) in [6.07, 6.45) is 0. The van der Waals surface area contributed by atoms with E-state index in [0.29, 0.717) is 5.56 Å². The van der Waals surface area contributed by atoms with Gasteiger partial charge in [0.05, 0.1) is 6.61 Å². The third-order valence-electron chi connectivity index (χ3n) is 2.21. The Hall–Kier alpha value is -1.16. The van der Waals surface area contributed by atoms with Crippen LogP contribution in [-0.2, 0) is 18.7 Å². The van der Waals surface area contributed by atoms with E-state index in [0.717, 1.165) is 0 Å². The van der Waals surface area contributed by atoms with E-state index in [-0.39, 0.29) is 12.4 Å². The zero-order chi connectivity index (χ0) is 12.2. The highest BCUT2D eigenvalue weighted by Gasteiger charge is 2.43. The van der Waals surface area contributed by atoms with Crippen molar-refractivity contribution in [3.05, 3.63) is 35.9 Å². The topological polar surface area (TPSA) is 43.4 Å². The van der Waals surface area contributed by atoms with Crippen molar-refractivity contribution < 1.29 is 14.3 Å². The summed E-state index contributed by atoms with van der Waals surface area (Å²) < 4.78 is 3.53. The zero-order valence-corrected chi connectivity index (χ0v) is 10.8. The first kappa shape index (κ1) is 12.9. The second kappa shape index (κ2) is 5.25. The molecule has 0 spiro atoms. The molecule has 0 fully saturated rings. The van der Waals surface area contributed by atoms with Gasteiger partial charge in [0.25, 0.3) is 0 Å². The lowest BCUT2D eigenvalue weighted by atomic mass is 9.95. The normalized spacial score (nSPS) is 13.9. The Morgan fingerprint density at radius 1 is 1.31 bits per heavy atom. The molecule has 0 aliphatic rings. The molecule has 0 aliphatic carbocycles. The van der Waals surface area contributed by atoms with Gasteiger partial charge in [0.15, 0.2) is 5.78 Å². The molecule has 0 N–H and O–H groups in total. The van der Waals surface area contributed by atoms with Crippen LogP contribution < -0.4 is 0 Å². The number of benzene rings is 1. The van der Waals surface area contributed by atoms with Crippen molar-refractivity contribution in [3.63, 3.8) is 0 Å². The minimum absolute atomic E-state index is 0.242. The summed E-state index contributed by atoms with van der Waals surface area (Å²) in [5.74, 6) is -0.870. The Bertz CT molecular complexity index is 389. The van der Waals surface area contributed by atoms with E-state index < -0.39 is 10.3 Å². The fourth-order valence-corrected chi connectivity index (χ4v) is 1.74. The van der Waals surface area contributed by atoms with Crippen LogP contribution in [-0.4, -0.2) is 18.4 Å². The molecule has 0 radical (unpaired) electrons. The maximum absolute atomic E-state index is 11.8. The molecule has 0 heterocycles. The van der Waals surface area contributed by atoms with Crippen molar-refractivity contribution in [2.24, 2.45) is 0 Å². The number of carbonyl (C=O) groups is 2. The Morgan fingerprint density at radius 3 is 2.31 bits per heavy atom. The molecule has 3 nitrogen and oxygen atoms in total. The molecular weight excluding hydrogens is 272 g/mol. The second-order valence-corrected chi connectivity index (χ2v) is 4.49. The second-order valence-electron chi connectivity index (χ2n) is 3.30. The van der Waals surface area contributed by atoms with Crippen LogP contribution in [0.4, 0.5) is 0 Å². The van der Waals surface area contributed by atoms with Gasteiger partial charge in [-0.3, -0.25) is 4.79 Å². The summed E-state index contributed by atoms with van der Waals surface area (Å²) in [6.45, 7) is 3.31. The van der Waals surface area contributed by atoms with Crippen LogP contribution in [0.1, 0.15) is 19.4 Å². The van der Waals surface area contributed by atoms with Crippen LogP contribution in [0.15, 0.2) is 30.3 Å². The molecule has 1 atom stereocenters.